The van der Waals surface area contributed by atoms with Gasteiger partial charge < -0.3 is 21.3 Å². The lowest BCUT2D eigenvalue weighted by atomic mass is 10.1. The number of carbonyl (C=O) groups excluding carboxylic acids is 1. The van der Waals surface area contributed by atoms with Gasteiger partial charge in [-0.25, -0.2) is 18.7 Å². The van der Waals surface area contributed by atoms with E-state index in [4.69, 9.17) is 0 Å². The van der Waals surface area contributed by atoms with Crippen LogP contribution in [0, 0.1) is 6.92 Å². The van der Waals surface area contributed by atoms with Gasteiger partial charge in [-0.3, -0.25) is 4.79 Å². The number of anilines is 5. The van der Waals surface area contributed by atoms with Crippen molar-refractivity contribution in [3.8, 4) is 5.82 Å². The molecule has 186 valence electrons. The molecule has 0 aliphatic heterocycles. The first-order valence-corrected chi connectivity index (χ1v) is 11.1. The number of halogens is 2. The zero-order chi connectivity index (χ0) is 25.9. The number of alkyl halides is 2. The number of rotatable bonds is 8. The molecule has 0 spiro atoms. The number of aromatic nitrogens is 4. The second kappa shape index (κ2) is 9.98. The third-order valence-corrected chi connectivity index (χ3v) is 5.45. The molecule has 11 heteroatoms. The summed E-state index contributed by atoms with van der Waals surface area (Å²) in [6.45, 7) is 2.79. The standard InChI is InChI=1S/C25H26F2N8O/c1-15-8-9-18(32-17-7-5-6-16(10-17)25(2,26)27)11-19(15)33-23-12-20(24(36)29-4)34-35(23)22-13-21(28-3)30-14-31-22/h5-14,32-33H,1-4H3,(H,29,36)(H,28,30,31). The van der Waals surface area contributed by atoms with Crippen LogP contribution < -0.4 is 21.3 Å². The highest BCUT2D eigenvalue weighted by atomic mass is 19.3. The Labute approximate surface area is 207 Å². The summed E-state index contributed by atoms with van der Waals surface area (Å²) in [7, 11) is 3.27. The van der Waals surface area contributed by atoms with Crippen LogP contribution >= 0.6 is 0 Å². The van der Waals surface area contributed by atoms with Crippen molar-refractivity contribution < 1.29 is 13.6 Å². The number of benzene rings is 2. The second-order valence-electron chi connectivity index (χ2n) is 8.17. The first-order chi connectivity index (χ1) is 17.2. The fourth-order valence-electron chi connectivity index (χ4n) is 3.49. The van der Waals surface area contributed by atoms with Gasteiger partial charge in [-0.2, -0.15) is 9.78 Å². The first kappa shape index (κ1) is 24.6. The van der Waals surface area contributed by atoms with Crippen molar-refractivity contribution in [1.82, 2.24) is 25.1 Å². The van der Waals surface area contributed by atoms with Crippen molar-refractivity contribution in [2.24, 2.45) is 0 Å². The van der Waals surface area contributed by atoms with Gasteiger partial charge in [-0.1, -0.05) is 18.2 Å². The van der Waals surface area contributed by atoms with Gasteiger partial charge in [0.15, 0.2) is 11.5 Å². The molecule has 0 atom stereocenters. The summed E-state index contributed by atoms with van der Waals surface area (Å²) < 4.78 is 29.0. The molecule has 1 amide bonds. The fraction of sp³-hybridized carbons (Fsp3) is 0.200. The van der Waals surface area contributed by atoms with Gasteiger partial charge in [-0.05, 0) is 36.8 Å². The van der Waals surface area contributed by atoms with Crippen LogP contribution in [0.15, 0.2) is 60.9 Å². The molecule has 0 saturated heterocycles. The zero-order valence-electron chi connectivity index (χ0n) is 20.2. The van der Waals surface area contributed by atoms with Gasteiger partial charge in [0.1, 0.15) is 18.0 Å². The number of hydrogen-bond donors (Lipinski definition) is 4. The van der Waals surface area contributed by atoms with Gasteiger partial charge in [0.2, 0.25) is 0 Å². The zero-order valence-corrected chi connectivity index (χ0v) is 20.2. The number of nitrogens with zero attached hydrogens (tertiary/aromatic N) is 4. The van der Waals surface area contributed by atoms with Crippen LogP contribution in [0.1, 0.15) is 28.5 Å². The molecule has 4 rings (SSSR count). The van der Waals surface area contributed by atoms with Crippen molar-refractivity contribution in [3.05, 3.63) is 77.7 Å². The Morgan fingerprint density at radius 3 is 2.47 bits per heavy atom. The molecule has 4 aromatic rings. The van der Waals surface area contributed by atoms with Crippen LogP contribution in [-0.2, 0) is 5.92 Å². The number of carbonyl (C=O) groups is 1. The summed E-state index contributed by atoms with van der Waals surface area (Å²) in [5.74, 6) is -1.74. The Morgan fingerprint density at radius 1 is 0.972 bits per heavy atom. The summed E-state index contributed by atoms with van der Waals surface area (Å²) in [6, 6.07) is 15.0. The maximum absolute atomic E-state index is 13.8. The summed E-state index contributed by atoms with van der Waals surface area (Å²) in [4.78, 5) is 20.7. The predicted molar refractivity (Wildman–Crippen MR) is 136 cm³/mol. The Morgan fingerprint density at radius 2 is 1.75 bits per heavy atom. The smallest absolute Gasteiger partial charge is 0.271 e. The van der Waals surface area contributed by atoms with E-state index in [1.165, 1.54) is 30.2 Å². The average molecular weight is 493 g/mol. The molecule has 0 aliphatic carbocycles. The predicted octanol–water partition coefficient (Wildman–Crippen LogP) is 4.97. The molecule has 0 radical (unpaired) electrons. The van der Waals surface area contributed by atoms with Crippen molar-refractivity contribution >= 4 is 34.6 Å². The van der Waals surface area contributed by atoms with E-state index in [2.05, 4.69) is 36.3 Å². The van der Waals surface area contributed by atoms with Crippen LogP contribution in [0.4, 0.5) is 37.5 Å². The maximum Gasteiger partial charge on any atom is 0.271 e. The monoisotopic (exact) mass is 492 g/mol. The molecule has 0 bridgehead atoms. The molecule has 0 saturated carbocycles. The summed E-state index contributed by atoms with van der Waals surface area (Å²) in [5.41, 5.74) is 3.00. The fourth-order valence-corrected chi connectivity index (χ4v) is 3.49. The van der Waals surface area contributed by atoms with Crippen molar-refractivity contribution in [2.45, 2.75) is 19.8 Å². The van der Waals surface area contributed by atoms with Crippen molar-refractivity contribution in [3.63, 3.8) is 0 Å². The van der Waals surface area contributed by atoms with Crippen LogP contribution in [0.25, 0.3) is 5.82 Å². The van der Waals surface area contributed by atoms with Gasteiger partial charge >= 0.3 is 0 Å². The third-order valence-electron chi connectivity index (χ3n) is 5.45. The van der Waals surface area contributed by atoms with Crippen LogP contribution in [0.2, 0.25) is 0 Å². The highest BCUT2D eigenvalue weighted by molar-refractivity contribution is 5.93. The SMILES string of the molecule is CNC(=O)c1cc(Nc2cc(Nc3cccc(C(C)(F)F)c3)ccc2C)n(-c2cc(NC)ncn2)n1. The van der Waals surface area contributed by atoms with Crippen molar-refractivity contribution in [2.75, 3.05) is 30.0 Å². The van der Waals surface area contributed by atoms with Crippen LogP contribution in [-0.4, -0.2) is 39.8 Å². The maximum atomic E-state index is 13.8. The molecule has 0 fully saturated rings. The Balaban J connectivity index is 1.68. The van der Waals surface area contributed by atoms with E-state index in [9.17, 15) is 13.6 Å². The minimum absolute atomic E-state index is 0.0746. The Hall–Kier alpha value is -4.54. The van der Waals surface area contributed by atoms with E-state index in [0.29, 0.717) is 28.8 Å². The topological polar surface area (TPSA) is 109 Å². The highest BCUT2D eigenvalue weighted by Gasteiger charge is 2.24. The molecule has 0 unspecified atom stereocenters. The van der Waals surface area contributed by atoms with E-state index in [-0.39, 0.29) is 17.2 Å². The molecule has 9 nitrogen and oxygen atoms in total. The normalized spacial score (nSPS) is 11.2. The number of amides is 1. The highest BCUT2D eigenvalue weighted by Crippen LogP contribution is 2.31. The van der Waals surface area contributed by atoms with E-state index in [0.717, 1.165) is 18.2 Å². The molecule has 2 heterocycles. The second-order valence-corrected chi connectivity index (χ2v) is 8.17. The van der Waals surface area contributed by atoms with E-state index >= 15 is 0 Å². The summed E-state index contributed by atoms with van der Waals surface area (Å²) >= 11 is 0. The summed E-state index contributed by atoms with van der Waals surface area (Å²) in [5, 5.41) is 16.4. The lowest BCUT2D eigenvalue weighted by Gasteiger charge is -2.15. The van der Waals surface area contributed by atoms with E-state index in [1.807, 2.05) is 25.1 Å². The lowest BCUT2D eigenvalue weighted by molar-refractivity contribution is 0.0175. The molecule has 4 N–H and O–H groups in total. The number of hydrogen-bond acceptors (Lipinski definition) is 7. The van der Waals surface area contributed by atoms with Gasteiger partial charge in [-0.15, -0.1) is 0 Å². The number of aryl methyl sites for hydroxylation is 1. The Kier molecular flexibility index (Phi) is 6.82. The van der Waals surface area contributed by atoms with Gasteiger partial charge in [0, 0.05) is 55.8 Å². The number of nitrogens with one attached hydrogen (secondary N) is 4. The van der Waals surface area contributed by atoms with Crippen LogP contribution in [0.5, 0.6) is 0 Å². The van der Waals surface area contributed by atoms with Crippen molar-refractivity contribution in [1.29, 1.82) is 0 Å². The molecule has 2 aromatic carbocycles. The van der Waals surface area contributed by atoms with Gasteiger partial charge in [0.25, 0.3) is 11.8 Å². The minimum atomic E-state index is -2.94. The Bertz CT molecular complexity index is 1400. The molecule has 2 aromatic heterocycles. The molecule has 36 heavy (non-hydrogen) atoms. The van der Waals surface area contributed by atoms with E-state index < -0.39 is 5.92 Å². The lowest BCUT2D eigenvalue weighted by Crippen LogP contribution is -2.18. The molecular weight excluding hydrogens is 466 g/mol. The van der Waals surface area contributed by atoms with E-state index in [1.54, 1.807) is 31.3 Å². The molecular formula is C25H26F2N8O. The largest absolute Gasteiger partial charge is 0.373 e. The van der Waals surface area contributed by atoms with Gasteiger partial charge in [0.05, 0.1) is 0 Å². The van der Waals surface area contributed by atoms with Crippen LogP contribution in [0.3, 0.4) is 0 Å². The minimum Gasteiger partial charge on any atom is -0.373 e. The average Bonchev–Trinajstić information content (AvgIpc) is 3.29. The summed E-state index contributed by atoms with van der Waals surface area (Å²) in [6.07, 6.45) is 1.40. The quantitative estimate of drug-likeness (QED) is 0.275. The third kappa shape index (κ3) is 5.40. The molecule has 0 aliphatic rings. The first-order valence-electron chi connectivity index (χ1n) is 11.1.